The van der Waals surface area contributed by atoms with Gasteiger partial charge in [-0.15, -0.1) is 0 Å². The van der Waals surface area contributed by atoms with E-state index in [0.29, 0.717) is 5.02 Å². The van der Waals surface area contributed by atoms with E-state index in [2.05, 4.69) is 49.9 Å². The van der Waals surface area contributed by atoms with Crippen molar-refractivity contribution in [1.82, 2.24) is 0 Å². The maximum atomic E-state index is 9.54. The summed E-state index contributed by atoms with van der Waals surface area (Å²) in [7, 11) is 0. The molecule has 0 aliphatic carbocycles. The molecule has 102 valence electrons. The lowest BCUT2D eigenvalue weighted by molar-refractivity contribution is 0.706. The summed E-state index contributed by atoms with van der Waals surface area (Å²) >= 11 is 11.6. The van der Waals surface area contributed by atoms with E-state index in [1.807, 2.05) is 43.3 Å². The minimum atomic E-state index is -0.794. The first-order valence-electron chi connectivity index (χ1n) is 5.85. The second kappa shape index (κ2) is 6.33. The Hall–Kier alpha value is -0.770. The standard InChI is InChI=1S/C15H11BrClIN2/c1-15(9-19,10-2-4-11(18)5-3-10)20-12-6-7-14(17)13(16)8-12/h2-8,20H,1H3. The van der Waals surface area contributed by atoms with Crippen molar-refractivity contribution >= 4 is 55.8 Å². The average molecular weight is 462 g/mol. The molecule has 0 radical (unpaired) electrons. The number of nitriles is 1. The Kier molecular flexibility index (Phi) is 4.95. The van der Waals surface area contributed by atoms with Crippen molar-refractivity contribution in [2.45, 2.75) is 12.5 Å². The third-order valence-electron chi connectivity index (χ3n) is 2.96. The third kappa shape index (κ3) is 3.46. The van der Waals surface area contributed by atoms with Gasteiger partial charge in [0, 0.05) is 13.7 Å². The van der Waals surface area contributed by atoms with Crippen molar-refractivity contribution in [3.63, 3.8) is 0 Å². The largest absolute Gasteiger partial charge is 0.364 e. The van der Waals surface area contributed by atoms with Crippen LogP contribution in [0.4, 0.5) is 5.69 Å². The highest BCUT2D eigenvalue weighted by molar-refractivity contribution is 14.1. The molecule has 0 aromatic heterocycles. The van der Waals surface area contributed by atoms with Crippen molar-refractivity contribution in [1.29, 1.82) is 5.26 Å². The molecule has 2 rings (SSSR count). The van der Waals surface area contributed by atoms with E-state index >= 15 is 0 Å². The number of nitrogens with one attached hydrogen (secondary N) is 1. The molecule has 0 aliphatic heterocycles. The maximum Gasteiger partial charge on any atom is 0.148 e. The lowest BCUT2D eigenvalue weighted by Crippen LogP contribution is -2.29. The Morgan fingerprint density at radius 3 is 2.45 bits per heavy atom. The van der Waals surface area contributed by atoms with Crippen LogP contribution in [0.1, 0.15) is 12.5 Å². The fraction of sp³-hybridized carbons (Fsp3) is 0.133. The zero-order chi connectivity index (χ0) is 14.8. The zero-order valence-electron chi connectivity index (χ0n) is 10.6. The van der Waals surface area contributed by atoms with E-state index in [4.69, 9.17) is 11.6 Å². The minimum Gasteiger partial charge on any atom is -0.364 e. The number of hydrogen-bond donors (Lipinski definition) is 1. The predicted molar refractivity (Wildman–Crippen MR) is 94.9 cm³/mol. The van der Waals surface area contributed by atoms with E-state index in [0.717, 1.165) is 19.3 Å². The molecule has 1 atom stereocenters. The van der Waals surface area contributed by atoms with Crippen LogP contribution in [0.15, 0.2) is 46.9 Å². The van der Waals surface area contributed by atoms with Crippen LogP contribution in [0.2, 0.25) is 5.02 Å². The smallest absolute Gasteiger partial charge is 0.148 e. The molecular weight excluding hydrogens is 450 g/mol. The zero-order valence-corrected chi connectivity index (χ0v) is 15.1. The van der Waals surface area contributed by atoms with E-state index in [1.54, 1.807) is 6.07 Å². The van der Waals surface area contributed by atoms with Crippen molar-refractivity contribution in [3.05, 3.63) is 61.1 Å². The van der Waals surface area contributed by atoms with Crippen LogP contribution >= 0.6 is 50.1 Å². The molecule has 5 heteroatoms. The molecular formula is C15H11BrClIN2. The molecule has 1 N–H and O–H groups in total. The highest BCUT2D eigenvalue weighted by Gasteiger charge is 2.26. The van der Waals surface area contributed by atoms with E-state index < -0.39 is 5.54 Å². The molecule has 2 aromatic carbocycles. The second-order valence-electron chi connectivity index (χ2n) is 4.50. The fourth-order valence-electron chi connectivity index (χ4n) is 1.81. The topological polar surface area (TPSA) is 35.8 Å². The summed E-state index contributed by atoms with van der Waals surface area (Å²) in [4.78, 5) is 0. The van der Waals surface area contributed by atoms with E-state index in [1.165, 1.54) is 0 Å². The molecule has 0 fully saturated rings. The first-order chi connectivity index (χ1) is 9.44. The summed E-state index contributed by atoms with van der Waals surface area (Å²) < 4.78 is 1.94. The van der Waals surface area contributed by atoms with E-state index in [-0.39, 0.29) is 0 Å². The molecule has 2 nitrogen and oxygen atoms in total. The third-order valence-corrected chi connectivity index (χ3v) is 4.89. The first-order valence-corrected chi connectivity index (χ1v) is 8.10. The quantitative estimate of drug-likeness (QED) is 0.608. The number of benzene rings is 2. The highest BCUT2D eigenvalue weighted by Crippen LogP contribution is 2.30. The molecule has 0 amide bonds. The minimum absolute atomic E-state index is 0.642. The average Bonchev–Trinajstić information content (AvgIpc) is 2.43. The molecule has 0 bridgehead atoms. The van der Waals surface area contributed by atoms with Gasteiger partial charge in [0.25, 0.3) is 0 Å². The van der Waals surface area contributed by atoms with Crippen molar-refractivity contribution in [2.75, 3.05) is 5.32 Å². The van der Waals surface area contributed by atoms with Crippen LogP contribution in [-0.2, 0) is 5.54 Å². The van der Waals surface area contributed by atoms with Gasteiger partial charge in [-0.05, 0) is 81.3 Å². The molecule has 0 aliphatic rings. The second-order valence-corrected chi connectivity index (χ2v) is 7.00. The number of anilines is 1. The van der Waals surface area contributed by atoms with Gasteiger partial charge in [-0.1, -0.05) is 23.7 Å². The van der Waals surface area contributed by atoms with Crippen LogP contribution in [0, 0.1) is 14.9 Å². The summed E-state index contributed by atoms with van der Waals surface area (Å²) in [5.74, 6) is 0. The predicted octanol–water partition coefficient (Wildman–Crippen LogP) is 5.56. The van der Waals surface area contributed by atoms with Crippen molar-refractivity contribution in [3.8, 4) is 6.07 Å². The summed E-state index contributed by atoms with van der Waals surface area (Å²) in [6.45, 7) is 1.86. The maximum absolute atomic E-state index is 9.54. The molecule has 2 aromatic rings. The number of rotatable bonds is 3. The molecule has 0 saturated heterocycles. The lowest BCUT2D eigenvalue weighted by atomic mass is 9.93. The Bertz CT molecular complexity index is 667. The Labute approximate surface area is 145 Å². The first kappa shape index (κ1) is 15.6. The van der Waals surface area contributed by atoms with E-state index in [9.17, 15) is 5.26 Å². The Balaban J connectivity index is 2.34. The number of hydrogen-bond acceptors (Lipinski definition) is 2. The summed E-state index contributed by atoms with van der Waals surface area (Å²) in [6, 6.07) is 15.8. The monoisotopic (exact) mass is 460 g/mol. The van der Waals surface area contributed by atoms with Crippen molar-refractivity contribution < 1.29 is 0 Å². The van der Waals surface area contributed by atoms with Gasteiger partial charge in [-0.25, -0.2) is 0 Å². The van der Waals surface area contributed by atoms with Gasteiger partial charge in [0.15, 0.2) is 0 Å². The summed E-state index contributed by atoms with van der Waals surface area (Å²) in [5.41, 5.74) is 0.966. The summed E-state index contributed by atoms with van der Waals surface area (Å²) in [5, 5.41) is 13.4. The van der Waals surface area contributed by atoms with Gasteiger partial charge < -0.3 is 5.32 Å². The lowest BCUT2D eigenvalue weighted by Gasteiger charge is -2.25. The SMILES string of the molecule is CC(C#N)(Nc1ccc(Cl)c(Br)c1)c1ccc(I)cc1. The van der Waals surface area contributed by atoms with Crippen LogP contribution in [0.25, 0.3) is 0 Å². The van der Waals surface area contributed by atoms with Gasteiger partial charge in [0.05, 0.1) is 11.1 Å². The number of halogens is 3. The highest BCUT2D eigenvalue weighted by atomic mass is 127. The van der Waals surface area contributed by atoms with Crippen LogP contribution < -0.4 is 5.32 Å². The number of nitrogens with zero attached hydrogens (tertiary/aromatic N) is 1. The van der Waals surface area contributed by atoms with Gasteiger partial charge in [-0.3, -0.25) is 0 Å². The van der Waals surface area contributed by atoms with Gasteiger partial charge in [0.1, 0.15) is 5.54 Å². The van der Waals surface area contributed by atoms with Crippen molar-refractivity contribution in [2.24, 2.45) is 0 Å². The summed E-state index contributed by atoms with van der Waals surface area (Å²) in [6.07, 6.45) is 0. The van der Waals surface area contributed by atoms with Gasteiger partial charge in [0.2, 0.25) is 0 Å². The molecule has 0 heterocycles. The molecule has 20 heavy (non-hydrogen) atoms. The molecule has 1 unspecified atom stereocenters. The van der Waals surface area contributed by atoms with Crippen LogP contribution in [0.3, 0.4) is 0 Å². The molecule has 0 saturated carbocycles. The van der Waals surface area contributed by atoms with Gasteiger partial charge >= 0.3 is 0 Å². The normalized spacial score (nSPS) is 13.3. The molecule has 0 spiro atoms. The van der Waals surface area contributed by atoms with Crippen LogP contribution in [0.5, 0.6) is 0 Å². The fourth-order valence-corrected chi connectivity index (χ4v) is 2.67. The van der Waals surface area contributed by atoms with Crippen LogP contribution in [-0.4, -0.2) is 0 Å². The van der Waals surface area contributed by atoms with Gasteiger partial charge in [-0.2, -0.15) is 5.26 Å². The Morgan fingerprint density at radius 2 is 1.90 bits per heavy atom. The Morgan fingerprint density at radius 1 is 1.25 bits per heavy atom.